The van der Waals surface area contributed by atoms with Crippen LogP contribution in [0.5, 0.6) is 0 Å². The van der Waals surface area contributed by atoms with Gasteiger partial charge in [0.25, 0.3) is 0 Å². The Morgan fingerprint density at radius 2 is 1.96 bits per heavy atom. The van der Waals surface area contributed by atoms with Crippen molar-refractivity contribution in [3.63, 3.8) is 0 Å². The Balaban J connectivity index is 1.64. The third kappa shape index (κ3) is 3.76. The third-order valence-corrected chi connectivity index (χ3v) is 5.13. The number of benzene rings is 1. The fourth-order valence-corrected chi connectivity index (χ4v) is 3.79. The molecule has 3 rings (SSSR count). The van der Waals surface area contributed by atoms with E-state index in [1.54, 1.807) is 0 Å². The molecule has 2 N–H and O–H groups in total. The average Bonchev–Trinajstić information content (AvgIpc) is 3.25. The molecule has 1 heterocycles. The number of hydrogen-bond donors (Lipinski definition) is 2. The van der Waals surface area contributed by atoms with Crippen LogP contribution >= 0.6 is 11.6 Å². The first-order chi connectivity index (χ1) is 11.6. The monoisotopic (exact) mass is 346 g/mol. The molecule has 1 aliphatic heterocycles. The second-order valence-electron chi connectivity index (χ2n) is 6.66. The second kappa shape index (κ2) is 7.31. The maximum Gasteiger partial charge on any atom is 0.240 e. The highest BCUT2D eigenvalue weighted by molar-refractivity contribution is 6.31. The van der Waals surface area contributed by atoms with Gasteiger partial charge in [-0.05, 0) is 56.7 Å². The summed E-state index contributed by atoms with van der Waals surface area (Å²) >= 11 is 6.12. The Kier molecular flexibility index (Phi) is 5.15. The number of nitrogens with zero attached hydrogens (tertiary/aromatic N) is 2. The predicted octanol–water partition coefficient (Wildman–Crippen LogP) is 3.30. The molecule has 0 atom stereocenters. The number of nitrogens with one attached hydrogen (secondary N) is 2. The first kappa shape index (κ1) is 16.9. The summed E-state index contributed by atoms with van der Waals surface area (Å²) in [5.74, 6) is -0.147. The fraction of sp³-hybridized carbons (Fsp3) is 0.556. The molecular formula is C18H23ClN4O. The lowest BCUT2D eigenvalue weighted by Gasteiger charge is -2.24. The minimum absolute atomic E-state index is 0.143. The van der Waals surface area contributed by atoms with Gasteiger partial charge in [-0.3, -0.25) is 4.79 Å². The second-order valence-corrected chi connectivity index (χ2v) is 7.09. The van der Waals surface area contributed by atoms with Gasteiger partial charge in [0.15, 0.2) is 0 Å². The van der Waals surface area contributed by atoms with Crippen LogP contribution in [0.25, 0.3) is 0 Å². The number of hydrogen-bond acceptors (Lipinski definition) is 4. The molecule has 0 bridgehead atoms. The molecule has 0 radical (unpaired) electrons. The van der Waals surface area contributed by atoms with Crippen molar-refractivity contribution in [2.24, 2.45) is 0 Å². The molecule has 2 fully saturated rings. The molecular weight excluding hydrogens is 324 g/mol. The summed E-state index contributed by atoms with van der Waals surface area (Å²) in [6, 6.07) is 8.02. The number of carbonyl (C=O) groups is 1. The molecule has 5 nitrogen and oxygen atoms in total. The van der Waals surface area contributed by atoms with Gasteiger partial charge in [0.05, 0.1) is 24.0 Å². The van der Waals surface area contributed by atoms with Crippen LogP contribution in [-0.2, 0) is 4.79 Å². The molecule has 1 amide bonds. The Bertz CT molecular complexity index is 643. The van der Waals surface area contributed by atoms with Gasteiger partial charge >= 0.3 is 0 Å². The van der Waals surface area contributed by atoms with E-state index in [1.807, 2.05) is 18.2 Å². The minimum Gasteiger partial charge on any atom is -0.374 e. The highest BCUT2D eigenvalue weighted by atomic mass is 35.5. The molecule has 0 spiro atoms. The summed E-state index contributed by atoms with van der Waals surface area (Å²) < 4.78 is 0. The molecule has 0 aromatic heterocycles. The van der Waals surface area contributed by atoms with Crippen LogP contribution in [0.1, 0.15) is 38.5 Å². The fourth-order valence-electron chi connectivity index (χ4n) is 3.61. The third-order valence-electron chi connectivity index (χ3n) is 4.89. The van der Waals surface area contributed by atoms with Crippen molar-refractivity contribution in [3.05, 3.63) is 23.2 Å². The van der Waals surface area contributed by atoms with Crippen LogP contribution in [0.3, 0.4) is 0 Å². The molecule has 1 aliphatic carbocycles. The zero-order valence-corrected chi connectivity index (χ0v) is 14.5. The number of carbonyl (C=O) groups excluding carboxylic acids is 1. The quantitative estimate of drug-likeness (QED) is 0.858. The standard InChI is InChI=1S/C18H23ClN4O/c19-14-5-6-16(23-9-3-4-10-23)15(11-14)21-12-17(24)22-18(13-20)7-1-2-8-18/h5-6,11,21H,1-4,7-10,12H2,(H,22,24). The molecule has 24 heavy (non-hydrogen) atoms. The summed E-state index contributed by atoms with van der Waals surface area (Å²) in [4.78, 5) is 14.6. The molecule has 1 saturated heterocycles. The van der Waals surface area contributed by atoms with Crippen molar-refractivity contribution in [2.45, 2.75) is 44.1 Å². The number of halogens is 1. The SMILES string of the molecule is N#CC1(NC(=O)CNc2cc(Cl)ccc2N2CCCC2)CCCC1. The van der Waals surface area contributed by atoms with Crippen molar-refractivity contribution in [2.75, 3.05) is 29.9 Å². The van der Waals surface area contributed by atoms with Crippen molar-refractivity contribution < 1.29 is 4.79 Å². The normalized spacial score (nSPS) is 19.1. The number of amides is 1. The van der Waals surface area contributed by atoms with Crippen LogP contribution in [0.4, 0.5) is 11.4 Å². The number of nitriles is 1. The van der Waals surface area contributed by atoms with Crippen LogP contribution in [-0.4, -0.2) is 31.1 Å². The molecule has 1 aromatic carbocycles. The molecule has 1 aromatic rings. The Hall–Kier alpha value is -1.93. The van der Waals surface area contributed by atoms with Gasteiger partial charge in [-0.25, -0.2) is 0 Å². The van der Waals surface area contributed by atoms with Crippen LogP contribution < -0.4 is 15.5 Å². The van der Waals surface area contributed by atoms with Gasteiger partial charge in [0.2, 0.25) is 5.91 Å². The minimum atomic E-state index is -0.676. The summed E-state index contributed by atoms with van der Waals surface area (Å²) in [6.45, 7) is 2.20. The van der Waals surface area contributed by atoms with E-state index in [9.17, 15) is 10.1 Å². The first-order valence-corrected chi connectivity index (χ1v) is 9.00. The number of rotatable bonds is 5. The first-order valence-electron chi connectivity index (χ1n) is 8.63. The van der Waals surface area contributed by atoms with E-state index in [4.69, 9.17) is 11.6 Å². The van der Waals surface area contributed by atoms with Gasteiger partial charge in [0, 0.05) is 18.1 Å². The largest absolute Gasteiger partial charge is 0.374 e. The molecule has 2 aliphatic rings. The van der Waals surface area contributed by atoms with Crippen LogP contribution in [0, 0.1) is 11.3 Å². The van der Waals surface area contributed by atoms with Crippen molar-refractivity contribution in [1.82, 2.24) is 5.32 Å². The van der Waals surface area contributed by atoms with E-state index in [-0.39, 0.29) is 12.5 Å². The molecule has 6 heteroatoms. The highest BCUT2D eigenvalue weighted by Gasteiger charge is 2.35. The lowest BCUT2D eigenvalue weighted by molar-refractivity contribution is -0.120. The maximum atomic E-state index is 12.3. The van der Waals surface area contributed by atoms with E-state index >= 15 is 0 Å². The summed E-state index contributed by atoms with van der Waals surface area (Å²) in [5, 5.41) is 16.1. The molecule has 128 valence electrons. The van der Waals surface area contributed by atoms with Gasteiger partial charge in [-0.1, -0.05) is 11.6 Å². The maximum absolute atomic E-state index is 12.3. The Morgan fingerprint density at radius 1 is 1.25 bits per heavy atom. The average molecular weight is 347 g/mol. The highest BCUT2D eigenvalue weighted by Crippen LogP contribution is 2.32. The zero-order valence-electron chi connectivity index (χ0n) is 13.8. The van der Waals surface area contributed by atoms with E-state index in [1.165, 1.54) is 12.8 Å². The smallest absolute Gasteiger partial charge is 0.240 e. The Labute approximate surface area is 148 Å². The van der Waals surface area contributed by atoms with Crippen molar-refractivity contribution >= 4 is 28.9 Å². The lowest BCUT2D eigenvalue weighted by Crippen LogP contribution is -2.47. The van der Waals surface area contributed by atoms with Gasteiger partial charge in [-0.15, -0.1) is 0 Å². The summed E-state index contributed by atoms with van der Waals surface area (Å²) in [7, 11) is 0. The summed E-state index contributed by atoms with van der Waals surface area (Å²) in [6.07, 6.45) is 5.85. The van der Waals surface area contributed by atoms with Gasteiger partial charge < -0.3 is 15.5 Å². The van der Waals surface area contributed by atoms with E-state index in [0.29, 0.717) is 5.02 Å². The van der Waals surface area contributed by atoms with Gasteiger partial charge in [-0.2, -0.15) is 5.26 Å². The lowest BCUT2D eigenvalue weighted by atomic mass is 10.00. The Morgan fingerprint density at radius 3 is 2.62 bits per heavy atom. The van der Waals surface area contributed by atoms with Crippen LogP contribution in [0.2, 0.25) is 5.02 Å². The van der Waals surface area contributed by atoms with E-state index < -0.39 is 5.54 Å². The van der Waals surface area contributed by atoms with E-state index in [2.05, 4.69) is 21.6 Å². The topological polar surface area (TPSA) is 68.2 Å². The summed E-state index contributed by atoms with van der Waals surface area (Å²) in [5.41, 5.74) is 1.28. The van der Waals surface area contributed by atoms with Crippen molar-refractivity contribution in [1.29, 1.82) is 5.26 Å². The van der Waals surface area contributed by atoms with Crippen molar-refractivity contribution in [3.8, 4) is 6.07 Å². The predicted molar refractivity (Wildman–Crippen MR) is 96.3 cm³/mol. The molecule has 1 saturated carbocycles. The molecule has 0 unspecified atom stereocenters. The number of anilines is 2. The zero-order chi connectivity index (χ0) is 17.0. The van der Waals surface area contributed by atoms with E-state index in [0.717, 1.165) is 50.1 Å². The van der Waals surface area contributed by atoms with Crippen LogP contribution in [0.15, 0.2) is 18.2 Å². The van der Waals surface area contributed by atoms with Gasteiger partial charge in [0.1, 0.15) is 5.54 Å².